The predicted octanol–water partition coefficient (Wildman–Crippen LogP) is 2.50. The molecule has 1 aliphatic carbocycles. The molecule has 0 radical (unpaired) electrons. The number of amides is 1. The van der Waals surface area contributed by atoms with Crippen LogP contribution in [0.1, 0.15) is 58.2 Å². The van der Waals surface area contributed by atoms with Gasteiger partial charge < -0.3 is 25.2 Å². The van der Waals surface area contributed by atoms with Gasteiger partial charge in [0.15, 0.2) is 11.8 Å². The van der Waals surface area contributed by atoms with E-state index in [0.717, 1.165) is 25.7 Å². The van der Waals surface area contributed by atoms with E-state index < -0.39 is 5.60 Å². The van der Waals surface area contributed by atoms with Crippen LogP contribution in [-0.4, -0.2) is 46.9 Å². The van der Waals surface area contributed by atoms with Crippen molar-refractivity contribution in [1.82, 2.24) is 26.1 Å². The molecule has 154 valence electrons. The fourth-order valence-corrected chi connectivity index (χ4v) is 2.82. The van der Waals surface area contributed by atoms with Crippen molar-refractivity contribution in [3.05, 3.63) is 11.7 Å². The summed E-state index contributed by atoms with van der Waals surface area (Å²) < 4.78 is 10.3. The summed E-state index contributed by atoms with van der Waals surface area (Å²) in [5.74, 6) is 1.84. The first kappa shape index (κ1) is 23.4. The number of aliphatic imine (C=N–C) groups is 1. The molecule has 0 atom stereocenters. The molecule has 1 aromatic rings. The highest BCUT2D eigenvalue weighted by molar-refractivity contribution is 14.0. The molecule has 1 saturated carbocycles. The highest BCUT2D eigenvalue weighted by Crippen LogP contribution is 2.19. The van der Waals surface area contributed by atoms with Crippen molar-refractivity contribution in [1.29, 1.82) is 0 Å². The topological polar surface area (TPSA) is 114 Å². The Bertz CT molecular complexity index is 620. The van der Waals surface area contributed by atoms with E-state index >= 15 is 0 Å². The lowest BCUT2D eigenvalue weighted by Gasteiger charge is -2.31. The number of aromatic nitrogens is 2. The second kappa shape index (κ2) is 10.7. The summed E-state index contributed by atoms with van der Waals surface area (Å²) in [5, 5.41) is 13.4. The number of alkyl carbamates (subject to hydrolysis) is 1. The van der Waals surface area contributed by atoms with Crippen LogP contribution in [0.2, 0.25) is 0 Å². The zero-order valence-corrected chi connectivity index (χ0v) is 19.0. The van der Waals surface area contributed by atoms with Crippen LogP contribution in [0.25, 0.3) is 0 Å². The fourth-order valence-electron chi connectivity index (χ4n) is 2.82. The molecule has 2 rings (SSSR count). The molecular weight excluding hydrogens is 463 g/mol. The Morgan fingerprint density at radius 2 is 1.81 bits per heavy atom. The van der Waals surface area contributed by atoms with Crippen LogP contribution in [0.5, 0.6) is 0 Å². The summed E-state index contributed by atoms with van der Waals surface area (Å²) in [6, 6.07) is 0.463. The molecule has 1 fully saturated rings. The van der Waals surface area contributed by atoms with E-state index in [1.54, 1.807) is 14.0 Å². The first-order valence-corrected chi connectivity index (χ1v) is 9.01. The number of hydrogen-bond acceptors (Lipinski definition) is 6. The number of hydrogen-bond donors (Lipinski definition) is 3. The van der Waals surface area contributed by atoms with Gasteiger partial charge in [0.2, 0.25) is 5.89 Å². The van der Waals surface area contributed by atoms with Crippen molar-refractivity contribution in [2.75, 3.05) is 7.05 Å². The highest BCUT2D eigenvalue weighted by Gasteiger charge is 2.25. The van der Waals surface area contributed by atoms with Crippen LogP contribution in [-0.2, 0) is 11.3 Å². The summed E-state index contributed by atoms with van der Waals surface area (Å²) in [6.07, 6.45) is 3.35. The van der Waals surface area contributed by atoms with Gasteiger partial charge in [0.25, 0.3) is 0 Å². The predicted molar refractivity (Wildman–Crippen MR) is 113 cm³/mol. The third kappa shape index (κ3) is 8.76. The van der Waals surface area contributed by atoms with Crippen molar-refractivity contribution in [3.8, 4) is 0 Å². The van der Waals surface area contributed by atoms with Crippen molar-refractivity contribution < 1.29 is 14.1 Å². The molecular formula is C17H31IN6O3. The van der Waals surface area contributed by atoms with E-state index in [-0.39, 0.29) is 36.1 Å². The number of nitrogens with zero attached hydrogens (tertiary/aromatic N) is 3. The van der Waals surface area contributed by atoms with E-state index in [1.807, 2.05) is 20.8 Å². The fraction of sp³-hybridized carbons (Fsp3) is 0.765. The van der Waals surface area contributed by atoms with Crippen LogP contribution >= 0.6 is 24.0 Å². The molecule has 0 spiro atoms. The van der Waals surface area contributed by atoms with Gasteiger partial charge >= 0.3 is 6.09 Å². The summed E-state index contributed by atoms with van der Waals surface area (Å²) in [5.41, 5.74) is -0.474. The van der Waals surface area contributed by atoms with Crippen LogP contribution in [0.15, 0.2) is 9.52 Å². The van der Waals surface area contributed by atoms with E-state index in [4.69, 9.17) is 9.26 Å². The summed E-state index contributed by atoms with van der Waals surface area (Å²) >= 11 is 0. The van der Waals surface area contributed by atoms with Crippen molar-refractivity contribution in [3.63, 3.8) is 0 Å². The van der Waals surface area contributed by atoms with Gasteiger partial charge in [-0.25, -0.2) is 4.79 Å². The minimum absolute atomic E-state index is 0. The van der Waals surface area contributed by atoms with Gasteiger partial charge in [0.05, 0.1) is 6.54 Å². The van der Waals surface area contributed by atoms with Crippen molar-refractivity contribution in [2.24, 2.45) is 4.99 Å². The number of rotatable bonds is 4. The van der Waals surface area contributed by atoms with Gasteiger partial charge in [-0.15, -0.1) is 24.0 Å². The third-order valence-electron chi connectivity index (χ3n) is 4.00. The minimum Gasteiger partial charge on any atom is -0.444 e. The van der Waals surface area contributed by atoms with Crippen LogP contribution in [0.4, 0.5) is 4.79 Å². The molecule has 1 amide bonds. The van der Waals surface area contributed by atoms with Gasteiger partial charge in [0.1, 0.15) is 5.60 Å². The second-order valence-electron chi connectivity index (χ2n) is 7.49. The number of aryl methyl sites for hydroxylation is 1. The zero-order chi connectivity index (χ0) is 19.2. The van der Waals surface area contributed by atoms with Crippen LogP contribution < -0.4 is 16.0 Å². The molecule has 0 bridgehead atoms. The van der Waals surface area contributed by atoms with Gasteiger partial charge in [-0.3, -0.25) is 4.99 Å². The summed E-state index contributed by atoms with van der Waals surface area (Å²) in [4.78, 5) is 20.2. The van der Waals surface area contributed by atoms with Gasteiger partial charge in [-0.2, -0.15) is 4.98 Å². The molecule has 1 aromatic heterocycles. The molecule has 9 nitrogen and oxygen atoms in total. The Hall–Kier alpha value is -1.59. The lowest BCUT2D eigenvalue weighted by molar-refractivity contribution is 0.0490. The van der Waals surface area contributed by atoms with Crippen molar-refractivity contribution >= 4 is 36.0 Å². The molecule has 0 saturated heterocycles. The SMILES string of the molecule is CN=C(NCc1noc(C)n1)NC1CCC(NC(=O)OC(C)(C)C)CC1.I. The average Bonchev–Trinajstić information content (AvgIpc) is 2.96. The summed E-state index contributed by atoms with van der Waals surface area (Å²) in [6.45, 7) is 7.80. The quantitative estimate of drug-likeness (QED) is 0.335. The van der Waals surface area contributed by atoms with Gasteiger partial charge in [-0.1, -0.05) is 5.16 Å². The number of carbonyl (C=O) groups is 1. The normalized spacial score (nSPS) is 20.4. The van der Waals surface area contributed by atoms with E-state index in [1.165, 1.54) is 0 Å². The standard InChI is InChI=1S/C17H30N6O3.HI/c1-11-20-14(23-26-11)10-19-15(18-5)21-12-6-8-13(9-7-12)22-16(24)25-17(2,3)4;/h12-13H,6-10H2,1-5H3,(H,22,24)(H2,18,19,21);1H. The number of nitrogens with one attached hydrogen (secondary N) is 3. The van der Waals surface area contributed by atoms with E-state index in [9.17, 15) is 4.79 Å². The van der Waals surface area contributed by atoms with Gasteiger partial charge in [0, 0.05) is 26.1 Å². The molecule has 1 heterocycles. The maximum atomic E-state index is 11.9. The molecule has 3 N–H and O–H groups in total. The van der Waals surface area contributed by atoms with Crippen LogP contribution in [0, 0.1) is 6.92 Å². The first-order valence-electron chi connectivity index (χ1n) is 9.01. The Kier molecular flexibility index (Phi) is 9.27. The molecule has 27 heavy (non-hydrogen) atoms. The summed E-state index contributed by atoms with van der Waals surface area (Å²) in [7, 11) is 1.73. The Morgan fingerprint density at radius 1 is 1.22 bits per heavy atom. The second-order valence-corrected chi connectivity index (χ2v) is 7.49. The van der Waals surface area contributed by atoms with Crippen LogP contribution in [0.3, 0.4) is 0 Å². The highest BCUT2D eigenvalue weighted by atomic mass is 127. The number of carbonyl (C=O) groups excluding carboxylic acids is 1. The molecule has 10 heteroatoms. The number of ether oxygens (including phenoxy) is 1. The largest absolute Gasteiger partial charge is 0.444 e. The third-order valence-corrected chi connectivity index (χ3v) is 4.00. The molecule has 0 unspecified atom stereocenters. The molecule has 0 aliphatic heterocycles. The number of guanidine groups is 1. The number of halogens is 1. The Labute approximate surface area is 177 Å². The Balaban J connectivity index is 0.00000364. The first-order chi connectivity index (χ1) is 12.2. The lowest BCUT2D eigenvalue weighted by atomic mass is 9.91. The minimum atomic E-state index is -0.474. The maximum Gasteiger partial charge on any atom is 0.407 e. The van der Waals surface area contributed by atoms with E-state index in [0.29, 0.717) is 30.3 Å². The molecule has 1 aliphatic rings. The van der Waals surface area contributed by atoms with Crippen molar-refractivity contribution in [2.45, 2.75) is 77.6 Å². The van der Waals surface area contributed by atoms with Gasteiger partial charge in [-0.05, 0) is 46.5 Å². The smallest absolute Gasteiger partial charge is 0.407 e. The molecule has 0 aromatic carbocycles. The lowest BCUT2D eigenvalue weighted by Crippen LogP contribution is -2.48. The van der Waals surface area contributed by atoms with E-state index in [2.05, 4.69) is 31.1 Å². The average molecular weight is 494 g/mol. The maximum absolute atomic E-state index is 11.9. The monoisotopic (exact) mass is 494 g/mol. The Morgan fingerprint density at radius 3 is 2.30 bits per heavy atom. The zero-order valence-electron chi connectivity index (χ0n) is 16.7.